The molecule has 1 saturated heterocycles. The Labute approximate surface area is 106 Å². The lowest BCUT2D eigenvalue weighted by Crippen LogP contribution is -2.60. The molecule has 3 aliphatic rings. The molecule has 1 saturated carbocycles. The van der Waals surface area contributed by atoms with Crippen molar-refractivity contribution in [3.05, 3.63) is 12.2 Å². The van der Waals surface area contributed by atoms with Gasteiger partial charge in [0.1, 0.15) is 12.2 Å². The largest absolute Gasteiger partial charge is 0.453 e. The van der Waals surface area contributed by atoms with Gasteiger partial charge in [0.2, 0.25) is 0 Å². The molecular weight excluding hydrogens is 236 g/mol. The first-order valence-electron chi connectivity index (χ1n) is 6.52. The summed E-state index contributed by atoms with van der Waals surface area (Å²) in [6, 6.07) is 0. The van der Waals surface area contributed by atoms with Crippen molar-refractivity contribution in [2.45, 2.75) is 62.8 Å². The predicted octanol–water partition coefficient (Wildman–Crippen LogP) is 0.903. The topological polar surface area (TPSA) is 65.0 Å². The third-order valence-corrected chi connectivity index (χ3v) is 3.86. The van der Waals surface area contributed by atoms with E-state index in [1.807, 2.05) is 0 Å². The Kier molecular flexibility index (Phi) is 2.92. The normalized spacial score (nSPS) is 39.4. The Balaban J connectivity index is 1.88. The molecule has 0 aromatic heterocycles. The van der Waals surface area contributed by atoms with Crippen LogP contribution in [0.2, 0.25) is 0 Å². The van der Waals surface area contributed by atoms with Crippen molar-refractivity contribution in [2.24, 2.45) is 0 Å². The van der Waals surface area contributed by atoms with Gasteiger partial charge in [-0.25, -0.2) is 4.79 Å². The van der Waals surface area contributed by atoms with E-state index in [9.17, 15) is 9.90 Å². The highest BCUT2D eigenvalue weighted by Gasteiger charge is 2.52. The monoisotopic (exact) mass is 254 g/mol. The van der Waals surface area contributed by atoms with Crippen LogP contribution >= 0.6 is 0 Å². The van der Waals surface area contributed by atoms with Crippen molar-refractivity contribution in [1.29, 1.82) is 0 Å². The first kappa shape index (κ1) is 12.1. The molecule has 5 heteroatoms. The number of hydrogen-bond donors (Lipinski definition) is 1. The molecule has 2 aliphatic heterocycles. The molecule has 3 rings (SSSR count). The van der Waals surface area contributed by atoms with E-state index in [0.29, 0.717) is 0 Å². The summed E-state index contributed by atoms with van der Waals surface area (Å²) in [5.74, 6) is -1.01. The fraction of sp³-hybridized carbons (Fsp3) is 0.769. The molecule has 1 N–H and O–H groups in total. The molecule has 0 bridgehead atoms. The van der Waals surface area contributed by atoms with E-state index in [4.69, 9.17) is 14.2 Å². The van der Waals surface area contributed by atoms with Gasteiger partial charge in [-0.1, -0.05) is 0 Å². The van der Waals surface area contributed by atoms with Crippen molar-refractivity contribution in [1.82, 2.24) is 0 Å². The Hall–Kier alpha value is -0.910. The van der Waals surface area contributed by atoms with E-state index in [0.717, 1.165) is 25.7 Å². The van der Waals surface area contributed by atoms with Gasteiger partial charge >= 0.3 is 5.97 Å². The minimum absolute atomic E-state index is 0.311. The van der Waals surface area contributed by atoms with Gasteiger partial charge in [0.15, 0.2) is 11.9 Å². The first-order valence-corrected chi connectivity index (χ1v) is 6.52. The molecule has 5 nitrogen and oxygen atoms in total. The van der Waals surface area contributed by atoms with Gasteiger partial charge in [-0.3, -0.25) is 0 Å². The van der Waals surface area contributed by atoms with Crippen LogP contribution in [0.5, 0.6) is 0 Å². The number of aliphatic hydroxyl groups is 1. The van der Waals surface area contributed by atoms with Gasteiger partial charge < -0.3 is 19.3 Å². The van der Waals surface area contributed by atoms with Gasteiger partial charge in [0.05, 0.1) is 6.10 Å². The van der Waals surface area contributed by atoms with E-state index >= 15 is 0 Å². The maximum Gasteiger partial charge on any atom is 0.330 e. The quantitative estimate of drug-likeness (QED) is 0.704. The molecule has 1 aliphatic carbocycles. The standard InChI is InChI=1S/C13H18O5/c1-8(14)11-12-9(4-5-10(15)16-12)17-13(18-11)6-2-3-7-13/h4-5,8-9,11-12,14H,2-3,6-7H2,1H3/t8-,9+,11-,12-/m1/s1. The van der Waals surface area contributed by atoms with Crippen LogP contribution in [-0.2, 0) is 19.0 Å². The van der Waals surface area contributed by atoms with Gasteiger partial charge in [-0.15, -0.1) is 0 Å². The van der Waals surface area contributed by atoms with Crippen LogP contribution in [0, 0.1) is 0 Å². The predicted molar refractivity (Wildman–Crippen MR) is 61.6 cm³/mol. The van der Waals surface area contributed by atoms with Crippen LogP contribution in [0.4, 0.5) is 0 Å². The van der Waals surface area contributed by atoms with E-state index in [-0.39, 0.29) is 6.10 Å². The third kappa shape index (κ3) is 1.96. The Bertz CT molecular complexity index is 370. The van der Waals surface area contributed by atoms with Crippen molar-refractivity contribution < 1.29 is 24.1 Å². The second-order valence-corrected chi connectivity index (χ2v) is 5.28. The van der Waals surface area contributed by atoms with E-state index in [1.165, 1.54) is 6.08 Å². The molecule has 0 radical (unpaired) electrons. The number of ether oxygens (including phenoxy) is 3. The lowest BCUT2D eigenvalue weighted by atomic mass is 9.97. The second-order valence-electron chi connectivity index (χ2n) is 5.28. The molecule has 0 amide bonds. The van der Waals surface area contributed by atoms with Gasteiger partial charge in [-0.05, 0) is 25.8 Å². The Morgan fingerprint density at radius 1 is 1.39 bits per heavy atom. The molecule has 18 heavy (non-hydrogen) atoms. The van der Waals surface area contributed by atoms with Crippen LogP contribution < -0.4 is 0 Å². The fourth-order valence-corrected chi connectivity index (χ4v) is 3.00. The zero-order valence-corrected chi connectivity index (χ0v) is 10.4. The fourth-order valence-electron chi connectivity index (χ4n) is 3.00. The highest BCUT2D eigenvalue weighted by molar-refractivity contribution is 5.83. The lowest BCUT2D eigenvalue weighted by molar-refractivity contribution is -0.348. The van der Waals surface area contributed by atoms with Gasteiger partial charge in [0, 0.05) is 18.9 Å². The molecule has 100 valence electrons. The molecule has 2 heterocycles. The average Bonchev–Trinajstić information content (AvgIpc) is 2.77. The van der Waals surface area contributed by atoms with Crippen molar-refractivity contribution in [3.8, 4) is 0 Å². The summed E-state index contributed by atoms with van der Waals surface area (Å²) >= 11 is 0. The SMILES string of the molecule is C[C@@H](O)[C@H]1OC2(CCCC2)O[C@H]2C=CC(=O)O[C@@H]12. The zero-order valence-electron chi connectivity index (χ0n) is 10.4. The second kappa shape index (κ2) is 4.33. The van der Waals surface area contributed by atoms with E-state index in [1.54, 1.807) is 13.0 Å². The molecule has 0 aromatic rings. The summed E-state index contributed by atoms with van der Waals surface area (Å²) in [4.78, 5) is 11.3. The highest BCUT2D eigenvalue weighted by atomic mass is 16.7. The van der Waals surface area contributed by atoms with Crippen LogP contribution in [0.3, 0.4) is 0 Å². The van der Waals surface area contributed by atoms with Crippen molar-refractivity contribution in [2.75, 3.05) is 0 Å². The molecule has 0 aromatic carbocycles. The van der Waals surface area contributed by atoms with E-state index < -0.39 is 30.1 Å². The summed E-state index contributed by atoms with van der Waals surface area (Å²) in [5, 5.41) is 9.85. The summed E-state index contributed by atoms with van der Waals surface area (Å²) < 4.78 is 17.1. The number of carbonyl (C=O) groups excluding carboxylic acids is 1. The molecule has 0 unspecified atom stereocenters. The summed E-state index contributed by atoms with van der Waals surface area (Å²) in [6.45, 7) is 1.65. The highest BCUT2D eigenvalue weighted by Crippen LogP contribution is 2.42. The number of carbonyl (C=O) groups is 1. The molecular formula is C13H18O5. The summed E-state index contributed by atoms with van der Waals surface area (Å²) in [5.41, 5.74) is 0. The summed E-state index contributed by atoms with van der Waals surface area (Å²) in [6.07, 6.45) is 4.82. The average molecular weight is 254 g/mol. The van der Waals surface area contributed by atoms with Crippen LogP contribution in [0.1, 0.15) is 32.6 Å². The van der Waals surface area contributed by atoms with Crippen molar-refractivity contribution >= 4 is 5.97 Å². The zero-order chi connectivity index (χ0) is 12.8. The lowest BCUT2D eigenvalue weighted by Gasteiger charge is -2.47. The number of rotatable bonds is 1. The first-order chi connectivity index (χ1) is 8.60. The minimum Gasteiger partial charge on any atom is -0.453 e. The van der Waals surface area contributed by atoms with Gasteiger partial charge in [0.25, 0.3) is 0 Å². The Morgan fingerprint density at radius 2 is 2.11 bits per heavy atom. The minimum atomic E-state index is -0.696. The smallest absolute Gasteiger partial charge is 0.330 e. The molecule has 2 fully saturated rings. The maximum absolute atomic E-state index is 11.3. The number of fused-ring (bicyclic) bond motifs is 1. The maximum atomic E-state index is 11.3. The van der Waals surface area contributed by atoms with Gasteiger partial charge in [-0.2, -0.15) is 0 Å². The molecule has 4 atom stereocenters. The molecule has 1 spiro atoms. The van der Waals surface area contributed by atoms with Crippen LogP contribution in [0.25, 0.3) is 0 Å². The van der Waals surface area contributed by atoms with Crippen LogP contribution in [0.15, 0.2) is 12.2 Å². The number of aliphatic hydroxyl groups excluding tert-OH is 1. The van der Waals surface area contributed by atoms with Crippen molar-refractivity contribution in [3.63, 3.8) is 0 Å². The van der Waals surface area contributed by atoms with Crippen LogP contribution in [-0.4, -0.2) is 41.3 Å². The Morgan fingerprint density at radius 3 is 2.78 bits per heavy atom. The third-order valence-electron chi connectivity index (χ3n) is 3.86. The number of esters is 1. The van der Waals surface area contributed by atoms with E-state index in [2.05, 4.69) is 0 Å². The number of hydrogen-bond acceptors (Lipinski definition) is 5. The summed E-state index contributed by atoms with van der Waals surface area (Å²) in [7, 11) is 0.